The van der Waals surface area contributed by atoms with Crippen LogP contribution in [0.15, 0.2) is 20.9 Å². The molecule has 3 atom stereocenters. The lowest BCUT2D eigenvalue weighted by Gasteiger charge is -2.17. The molecule has 10 nitrogen and oxygen atoms in total. The highest BCUT2D eigenvalue weighted by Crippen LogP contribution is 2.29. The van der Waals surface area contributed by atoms with Crippen molar-refractivity contribution in [3.63, 3.8) is 0 Å². The Morgan fingerprint density at radius 3 is 2.95 bits per heavy atom. The van der Waals surface area contributed by atoms with E-state index in [1.807, 2.05) is 0 Å². The summed E-state index contributed by atoms with van der Waals surface area (Å²) in [5.74, 6) is -1.53. The molecule has 0 amide bonds. The number of aromatic amines is 1. The lowest BCUT2D eigenvalue weighted by Crippen LogP contribution is -2.41. The van der Waals surface area contributed by atoms with Crippen LogP contribution in [0.2, 0.25) is 0 Å². The molecule has 1 aliphatic rings. The Balaban J connectivity index is 2.38. The SMILES string of the molecule is Cc1cn([C@@H]2C[C@@H](N=[N+]=[N-])[C@H](C(=O)[O-])O2)c(=O)[nH]c1=O. The predicted octanol–water partition coefficient (Wildman–Crippen LogP) is -1.44. The smallest absolute Gasteiger partial charge is 0.330 e. The lowest BCUT2D eigenvalue weighted by molar-refractivity contribution is -0.317. The maximum atomic E-state index is 11.7. The van der Waals surface area contributed by atoms with Crippen LogP contribution in [0.4, 0.5) is 0 Å². The van der Waals surface area contributed by atoms with Crippen LogP contribution in [0.3, 0.4) is 0 Å². The maximum absolute atomic E-state index is 11.7. The molecule has 0 aromatic carbocycles. The minimum atomic E-state index is -1.53. The van der Waals surface area contributed by atoms with E-state index in [2.05, 4.69) is 15.0 Å². The fraction of sp³-hybridized carbons (Fsp3) is 0.500. The molecule has 0 unspecified atom stereocenters. The first-order valence-corrected chi connectivity index (χ1v) is 5.66. The van der Waals surface area contributed by atoms with E-state index in [9.17, 15) is 19.5 Å². The Morgan fingerprint density at radius 1 is 1.65 bits per heavy atom. The largest absolute Gasteiger partial charge is 0.547 e. The number of carboxylic acid groups (broad SMARTS) is 1. The van der Waals surface area contributed by atoms with Crippen LogP contribution in [-0.4, -0.2) is 27.7 Å². The van der Waals surface area contributed by atoms with E-state index in [0.717, 1.165) is 4.57 Å². The number of rotatable bonds is 3. The summed E-state index contributed by atoms with van der Waals surface area (Å²) < 4.78 is 6.22. The van der Waals surface area contributed by atoms with Gasteiger partial charge < -0.3 is 14.6 Å². The molecule has 106 valence electrons. The van der Waals surface area contributed by atoms with E-state index >= 15 is 0 Å². The van der Waals surface area contributed by atoms with Crippen molar-refractivity contribution in [2.45, 2.75) is 31.7 Å². The minimum absolute atomic E-state index is 0.00586. The fourth-order valence-electron chi connectivity index (χ4n) is 2.01. The summed E-state index contributed by atoms with van der Waals surface area (Å²) in [5.41, 5.74) is 7.39. The molecule has 1 saturated heterocycles. The number of carboxylic acids is 1. The summed E-state index contributed by atoms with van der Waals surface area (Å²) in [5, 5.41) is 14.2. The van der Waals surface area contributed by atoms with Gasteiger partial charge >= 0.3 is 5.69 Å². The van der Waals surface area contributed by atoms with Gasteiger partial charge in [0.2, 0.25) is 0 Å². The maximum Gasteiger partial charge on any atom is 0.330 e. The summed E-state index contributed by atoms with van der Waals surface area (Å²) in [6.45, 7) is 1.49. The molecular formula is C10H10N5O5-. The van der Waals surface area contributed by atoms with Crippen molar-refractivity contribution in [1.29, 1.82) is 0 Å². The second-order valence-electron chi connectivity index (χ2n) is 4.32. The van der Waals surface area contributed by atoms with Crippen molar-refractivity contribution < 1.29 is 14.6 Å². The number of carbonyl (C=O) groups excluding carboxylic acids is 1. The van der Waals surface area contributed by atoms with Crippen molar-refractivity contribution in [3.8, 4) is 0 Å². The number of hydrogen-bond donors (Lipinski definition) is 1. The van der Waals surface area contributed by atoms with Gasteiger partial charge in [0, 0.05) is 23.1 Å². The zero-order valence-electron chi connectivity index (χ0n) is 10.3. The summed E-state index contributed by atoms with van der Waals surface area (Å²) in [4.78, 5) is 38.5. The Bertz CT molecular complexity index is 691. The number of ether oxygens (including phenoxy) is 1. The zero-order chi connectivity index (χ0) is 14.9. The van der Waals surface area contributed by atoms with E-state index < -0.39 is 35.6 Å². The molecule has 2 heterocycles. The average Bonchev–Trinajstić information content (AvgIpc) is 2.78. The van der Waals surface area contributed by atoms with Gasteiger partial charge in [-0.3, -0.25) is 14.3 Å². The van der Waals surface area contributed by atoms with Gasteiger partial charge in [-0.1, -0.05) is 5.11 Å². The molecule has 1 aromatic heterocycles. The van der Waals surface area contributed by atoms with Gasteiger partial charge in [0.1, 0.15) is 12.3 Å². The molecule has 1 fully saturated rings. The number of hydrogen-bond acceptors (Lipinski definition) is 6. The number of H-pyrrole nitrogens is 1. The third kappa shape index (κ3) is 2.42. The third-order valence-electron chi connectivity index (χ3n) is 2.98. The highest BCUT2D eigenvalue weighted by molar-refractivity contribution is 5.71. The van der Waals surface area contributed by atoms with E-state index in [1.54, 1.807) is 0 Å². The van der Waals surface area contributed by atoms with Crippen LogP contribution in [-0.2, 0) is 9.53 Å². The Morgan fingerprint density at radius 2 is 2.35 bits per heavy atom. The number of azide groups is 1. The molecule has 1 aromatic rings. The Labute approximate surface area is 111 Å². The van der Waals surface area contributed by atoms with Gasteiger partial charge in [-0.2, -0.15) is 0 Å². The number of aromatic nitrogens is 2. The van der Waals surface area contributed by atoms with E-state index in [1.165, 1.54) is 13.1 Å². The van der Waals surface area contributed by atoms with E-state index in [4.69, 9.17) is 10.3 Å². The van der Waals surface area contributed by atoms with Crippen LogP contribution < -0.4 is 16.4 Å². The summed E-state index contributed by atoms with van der Waals surface area (Å²) in [6.07, 6.45) is -1.13. The van der Waals surface area contributed by atoms with Gasteiger partial charge in [0.25, 0.3) is 5.56 Å². The number of carbonyl (C=O) groups is 1. The number of aryl methyl sites for hydroxylation is 1. The minimum Gasteiger partial charge on any atom is -0.547 e. The zero-order valence-corrected chi connectivity index (χ0v) is 10.3. The van der Waals surface area contributed by atoms with E-state index in [0.29, 0.717) is 0 Å². The lowest BCUT2D eigenvalue weighted by atomic mass is 10.1. The summed E-state index contributed by atoms with van der Waals surface area (Å²) >= 11 is 0. The van der Waals surface area contributed by atoms with Gasteiger partial charge in [-0.05, 0) is 12.5 Å². The second kappa shape index (κ2) is 5.19. The van der Waals surface area contributed by atoms with Crippen LogP contribution >= 0.6 is 0 Å². The molecule has 20 heavy (non-hydrogen) atoms. The first-order chi connectivity index (χ1) is 9.43. The van der Waals surface area contributed by atoms with Crippen molar-refractivity contribution in [2.24, 2.45) is 5.11 Å². The highest BCUT2D eigenvalue weighted by atomic mass is 16.5. The second-order valence-corrected chi connectivity index (χ2v) is 4.32. The van der Waals surface area contributed by atoms with Gasteiger partial charge in [0.15, 0.2) is 0 Å². The monoisotopic (exact) mass is 280 g/mol. The van der Waals surface area contributed by atoms with Crippen LogP contribution in [0.1, 0.15) is 18.2 Å². The third-order valence-corrected chi connectivity index (χ3v) is 2.98. The van der Waals surface area contributed by atoms with Gasteiger partial charge in [0.05, 0.1) is 12.0 Å². The van der Waals surface area contributed by atoms with Crippen LogP contribution in [0.25, 0.3) is 10.4 Å². The molecule has 10 heteroatoms. The molecule has 0 bridgehead atoms. The number of nitrogens with zero attached hydrogens (tertiary/aromatic N) is 4. The highest BCUT2D eigenvalue weighted by Gasteiger charge is 2.37. The normalized spacial score (nSPS) is 25.1. The summed E-state index contributed by atoms with van der Waals surface area (Å²) in [6, 6.07) is -0.978. The van der Waals surface area contributed by atoms with Gasteiger partial charge in [-0.15, -0.1) is 0 Å². The van der Waals surface area contributed by atoms with Crippen LogP contribution in [0, 0.1) is 6.92 Å². The molecule has 2 rings (SSSR count). The molecule has 1 aliphatic heterocycles. The fourth-order valence-corrected chi connectivity index (χ4v) is 2.01. The molecule has 1 N–H and O–H groups in total. The van der Waals surface area contributed by atoms with E-state index in [-0.39, 0.29) is 12.0 Å². The average molecular weight is 280 g/mol. The van der Waals surface area contributed by atoms with Crippen LogP contribution in [0.5, 0.6) is 0 Å². The molecule has 0 aliphatic carbocycles. The predicted molar refractivity (Wildman–Crippen MR) is 62.5 cm³/mol. The number of nitrogens with one attached hydrogen (secondary N) is 1. The van der Waals surface area contributed by atoms with Crippen molar-refractivity contribution in [2.75, 3.05) is 0 Å². The molecule has 0 spiro atoms. The molecule has 0 saturated carbocycles. The molecule has 0 radical (unpaired) electrons. The van der Waals surface area contributed by atoms with Crippen molar-refractivity contribution >= 4 is 5.97 Å². The number of aliphatic carboxylic acids is 1. The Kier molecular flexibility index (Phi) is 3.59. The Hall–Kier alpha value is -2.58. The van der Waals surface area contributed by atoms with Crippen molar-refractivity contribution in [1.82, 2.24) is 9.55 Å². The quantitative estimate of drug-likeness (QED) is 0.408. The first-order valence-electron chi connectivity index (χ1n) is 5.66. The summed E-state index contributed by atoms with van der Waals surface area (Å²) in [7, 11) is 0. The van der Waals surface area contributed by atoms with Gasteiger partial charge in [-0.25, -0.2) is 4.79 Å². The first kappa shape index (κ1) is 13.8. The molecular weight excluding hydrogens is 270 g/mol. The standard InChI is InChI=1S/C10H11N5O5/c1-4-3-15(10(19)12-8(4)16)6-2-5(13-14-11)7(20-6)9(17)18/h3,5-7H,2H2,1H3,(H,17,18)(H,12,16,19)/p-1/t5-,6+,7-/m1/s1. The topological polar surface area (TPSA) is 153 Å². The van der Waals surface area contributed by atoms with Crippen molar-refractivity contribution in [3.05, 3.63) is 43.0 Å².